The van der Waals surface area contributed by atoms with Crippen molar-refractivity contribution >= 4 is 11.9 Å². The Kier molecular flexibility index (Phi) is 6.82. The molecule has 7 heteroatoms. The Hall–Kier alpha value is -1.18. The quantitative estimate of drug-likeness (QED) is 0.524. The van der Waals surface area contributed by atoms with Crippen LogP contribution in [0.25, 0.3) is 0 Å². The topological polar surface area (TPSA) is 105 Å². The summed E-state index contributed by atoms with van der Waals surface area (Å²) < 4.78 is 5.09. The highest BCUT2D eigenvalue weighted by molar-refractivity contribution is 5.84. The van der Waals surface area contributed by atoms with Crippen LogP contribution in [0, 0.1) is 22.7 Å². The number of hydrogen-bond acceptors (Lipinski definition) is 6. The average Bonchev–Trinajstić information content (AvgIpc) is 3.15. The third kappa shape index (κ3) is 4.15. The second kappa shape index (κ2) is 8.47. The van der Waals surface area contributed by atoms with Crippen molar-refractivity contribution in [3.63, 3.8) is 0 Å². The van der Waals surface area contributed by atoms with Crippen LogP contribution in [0.3, 0.4) is 0 Å². The van der Waals surface area contributed by atoms with E-state index >= 15 is 0 Å². The van der Waals surface area contributed by atoms with Gasteiger partial charge in [-0.05, 0) is 65.1 Å². The zero-order valence-electron chi connectivity index (χ0n) is 15.8. The van der Waals surface area contributed by atoms with E-state index in [1.54, 1.807) is 0 Å². The maximum atomic E-state index is 11.7. The molecule has 0 aromatic rings. The molecule has 0 spiro atoms. The fourth-order valence-corrected chi connectivity index (χ4v) is 4.16. The number of fused-ring (bicyclic) bond motifs is 1. The Morgan fingerprint density at radius 2 is 2.00 bits per heavy atom. The summed E-state index contributed by atoms with van der Waals surface area (Å²) >= 11 is 0. The lowest BCUT2D eigenvalue weighted by Gasteiger charge is -2.33. The third-order valence-corrected chi connectivity index (χ3v) is 6.12. The van der Waals surface area contributed by atoms with Crippen molar-refractivity contribution < 1.29 is 14.3 Å². The Balaban J connectivity index is 0.000000185. The van der Waals surface area contributed by atoms with E-state index in [4.69, 9.17) is 10.5 Å². The first-order valence-corrected chi connectivity index (χ1v) is 9.45. The van der Waals surface area contributed by atoms with Crippen LogP contribution >= 0.6 is 0 Å². The minimum atomic E-state index is -0.380. The summed E-state index contributed by atoms with van der Waals surface area (Å²) in [6, 6.07) is 0. The zero-order valence-corrected chi connectivity index (χ0v) is 15.8. The monoisotopic (exact) mass is 354 g/mol. The van der Waals surface area contributed by atoms with Crippen LogP contribution in [0.1, 0.15) is 33.6 Å². The molecule has 0 unspecified atom stereocenters. The minimum absolute atomic E-state index is 0.0940. The molecule has 0 aliphatic carbocycles. The molecule has 3 aliphatic heterocycles. The SMILES string of the molecule is CCOC(=O)[C@@]1(C)CNC[C@H]1CCN.C[C@]12CNC[C@H]1CCNC2=O. The summed E-state index contributed by atoms with van der Waals surface area (Å²) in [4.78, 5) is 23.2. The van der Waals surface area contributed by atoms with Gasteiger partial charge in [-0.3, -0.25) is 9.59 Å². The highest BCUT2D eigenvalue weighted by Gasteiger charge is 2.47. The van der Waals surface area contributed by atoms with Crippen molar-refractivity contribution in [3.05, 3.63) is 0 Å². The second-order valence-corrected chi connectivity index (χ2v) is 7.83. The molecule has 1 amide bonds. The van der Waals surface area contributed by atoms with E-state index in [-0.39, 0.29) is 22.7 Å². The van der Waals surface area contributed by atoms with Crippen LogP contribution < -0.4 is 21.7 Å². The lowest BCUT2D eigenvalue weighted by atomic mass is 9.75. The minimum Gasteiger partial charge on any atom is -0.466 e. The van der Waals surface area contributed by atoms with E-state index in [0.29, 0.717) is 31.5 Å². The van der Waals surface area contributed by atoms with Gasteiger partial charge in [-0.2, -0.15) is 0 Å². The summed E-state index contributed by atoms with van der Waals surface area (Å²) in [5.41, 5.74) is 5.03. The van der Waals surface area contributed by atoms with Crippen LogP contribution in [0.2, 0.25) is 0 Å². The van der Waals surface area contributed by atoms with E-state index in [0.717, 1.165) is 39.0 Å². The smallest absolute Gasteiger partial charge is 0.313 e. The second-order valence-electron chi connectivity index (χ2n) is 7.83. The van der Waals surface area contributed by atoms with E-state index in [1.165, 1.54) is 0 Å². The highest BCUT2D eigenvalue weighted by Crippen LogP contribution is 2.36. The van der Waals surface area contributed by atoms with Gasteiger partial charge in [0.15, 0.2) is 0 Å². The first-order valence-electron chi connectivity index (χ1n) is 9.45. The average molecular weight is 354 g/mol. The number of nitrogens with two attached hydrogens (primary N) is 1. The lowest BCUT2D eigenvalue weighted by Crippen LogP contribution is -2.49. The normalized spacial score (nSPS) is 36.9. The molecule has 25 heavy (non-hydrogen) atoms. The van der Waals surface area contributed by atoms with E-state index in [2.05, 4.69) is 22.9 Å². The fourth-order valence-electron chi connectivity index (χ4n) is 4.16. The van der Waals surface area contributed by atoms with Crippen molar-refractivity contribution in [3.8, 4) is 0 Å². The molecule has 0 saturated carbocycles. The molecule has 7 nitrogen and oxygen atoms in total. The van der Waals surface area contributed by atoms with Crippen molar-refractivity contribution in [2.24, 2.45) is 28.4 Å². The number of rotatable bonds is 4. The van der Waals surface area contributed by atoms with Crippen molar-refractivity contribution in [1.29, 1.82) is 0 Å². The van der Waals surface area contributed by atoms with Crippen molar-refractivity contribution in [2.45, 2.75) is 33.6 Å². The summed E-state index contributed by atoms with van der Waals surface area (Å²) in [5, 5.41) is 9.42. The number of ether oxygens (including phenoxy) is 1. The van der Waals surface area contributed by atoms with Gasteiger partial charge in [-0.25, -0.2) is 0 Å². The van der Waals surface area contributed by atoms with Gasteiger partial charge in [-0.15, -0.1) is 0 Å². The molecule has 4 atom stereocenters. The molecular weight excluding hydrogens is 320 g/mol. The molecule has 0 radical (unpaired) electrons. The number of esters is 1. The molecular formula is C18H34N4O3. The Bertz CT molecular complexity index is 487. The summed E-state index contributed by atoms with van der Waals surface area (Å²) in [7, 11) is 0. The predicted octanol–water partition coefficient (Wildman–Crippen LogP) is -0.144. The van der Waals surface area contributed by atoms with E-state index in [9.17, 15) is 9.59 Å². The van der Waals surface area contributed by atoms with Gasteiger partial charge in [0.05, 0.1) is 17.4 Å². The van der Waals surface area contributed by atoms with Crippen LogP contribution in [0.15, 0.2) is 0 Å². The van der Waals surface area contributed by atoms with Gasteiger partial charge >= 0.3 is 5.97 Å². The number of amides is 1. The van der Waals surface area contributed by atoms with Gasteiger partial charge in [0, 0.05) is 19.6 Å². The number of nitrogens with one attached hydrogen (secondary N) is 3. The van der Waals surface area contributed by atoms with Gasteiger partial charge in [0.1, 0.15) is 0 Å². The molecule has 0 aromatic heterocycles. The van der Waals surface area contributed by atoms with Gasteiger partial charge in [0.2, 0.25) is 5.91 Å². The third-order valence-electron chi connectivity index (χ3n) is 6.12. The first kappa shape index (κ1) is 20.1. The number of piperidine rings is 1. The molecule has 144 valence electrons. The molecule has 5 N–H and O–H groups in total. The summed E-state index contributed by atoms with van der Waals surface area (Å²) in [5.74, 6) is 1.02. The zero-order chi connectivity index (χ0) is 18.5. The maximum Gasteiger partial charge on any atom is 0.313 e. The molecule has 3 aliphatic rings. The molecule has 0 bridgehead atoms. The lowest BCUT2D eigenvalue weighted by molar-refractivity contribution is -0.155. The highest BCUT2D eigenvalue weighted by atomic mass is 16.5. The van der Waals surface area contributed by atoms with Crippen molar-refractivity contribution in [2.75, 3.05) is 45.9 Å². The van der Waals surface area contributed by atoms with Gasteiger partial charge in [-0.1, -0.05) is 0 Å². The summed E-state index contributed by atoms with van der Waals surface area (Å²) in [6.07, 6.45) is 2.01. The fraction of sp³-hybridized carbons (Fsp3) is 0.889. The van der Waals surface area contributed by atoms with Crippen LogP contribution in [-0.2, 0) is 14.3 Å². The molecule has 3 heterocycles. The van der Waals surface area contributed by atoms with Crippen LogP contribution in [-0.4, -0.2) is 57.8 Å². The molecule has 0 aromatic carbocycles. The Labute approximate surface area is 150 Å². The predicted molar refractivity (Wildman–Crippen MR) is 96.9 cm³/mol. The number of hydrogen-bond donors (Lipinski definition) is 4. The molecule has 3 saturated heterocycles. The number of carbonyl (C=O) groups is 2. The largest absolute Gasteiger partial charge is 0.466 e. The first-order chi connectivity index (χ1) is 11.9. The van der Waals surface area contributed by atoms with Gasteiger partial charge < -0.3 is 26.4 Å². The summed E-state index contributed by atoms with van der Waals surface area (Å²) in [6.45, 7) is 11.2. The molecule has 3 rings (SSSR count). The van der Waals surface area contributed by atoms with E-state index in [1.807, 2.05) is 13.8 Å². The van der Waals surface area contributed by atoms with Crippen LogP contribution in [0.5, 0.6) is 0 Å². The van der Waals surface area contributed by atoms with Crippen LogP contribution in [0.4, 0.5) is 0 Å². The Morgan fingerprint density at radius 3 is 2.64 bits per heavy atom. The van der Waals surface area contributed by atoms with Gasteiger partial charge in [0.25, 0.3) is 0 Å². The maximum absolute atomic E-state index is 11.7. The van der Waals surface area contributed by atoms with Crippen molar-refractivity contribution in [1.82, 2.24) is 16.0 Å². The standard InChI is InChI=1S/C10H20N2O2.C8H14N2O/c1-3-14-9(13)10(2)7-12-6-8(10)4-5-11;1-8-5-9-4-6(8)2-3-10-7(8)11/h8,12H,3-7,11H2,1-2H3;6,9H,2-5H2,1H3,(H,10,11)/t8-,10+;6-,8+/m11/s1. The number of carbonyl (C=O) groups excluding carboxylic acids is 2. The molecule has 3 fully saturated rings. The van der Waals surface area contributed by atoms with E-state index < -0.39 is 0 Å². The Morgan fingerprint density at radius 1 is 1.28 bits per heavy atom.